The number of nitrogens with zero attached hydrogens (tertiary/aromatic N) is 3. The molecule has 11 heteroatoms. The van der Waals surface area contributed by atoms with E-state index < -0.39 is 21.7 Å². The van der Waals surface area contributed by atoms with Crippen molar-refractivity contribution in [3.05, 3.63) is 87.8 Å². The summed E-state index contributed by atoms with van der Waals surface area (Å²) in [5, 5.41) is 7.36. The topological polar surface area (TPSA) is 67.2 Å². The van der Waals surface area contributed by atoms with Crippen LogP contribution < -0.4 is 4.83 Å². The Kier molecular flexibility index (Phi) is 7.75. The second-order valence-corrected chi connectivity index (χ2v) is 11.9. The van der Waals surface area contributed by atoms with Gasteiger partial charge in [0.05, 0.1) is 11.4 Å². The standard InChI is InChI=1S/C26H27F3N4O2S2/c27-20-6-4-5-18(14-20)13-19-16-36-17-22-24(9-12-37(34,35)31-32-10-2-1-3-11-32)30-33(26(19)22)25-8-7-21(28)15-23(25)29/h4-9,12,14-15,19,31H,1-3,10-11,13,16-17H2/b12-9+. The molecular weight excluding hydrogens is 521 g/mol. The van der Waals surface area contributed by atoms with Crippen LogP contribution in [-0.2, 0) is 22.2 Å². The number of hydrogen-bond acceptors (Lipinski definition) is 5. The Morgan fingerprint density at radius 1 is 1.05 bits per heavy atom. The number of piperidine rings is 1. The van der Waals surface area contributed by atoms with E-state index in [1.165, 1.54) is 29.0 Å². The zero-order valence-electron chi connectivity index (χ0n) is 20.0. The van der Waals surface area contributed by atoms with Crippen LogP contribution in [0.3, 0.4) is 0 Å². The minimum absolute atomic E-state index is 0.0720. The molecule has 1 saturated heterocycles. The molecule has 1 fully saturated rings. The van der Waals surface area contributed by atoms with Gasteiger partial charge in [-0.3, -0.25) is 0 Å². The number of aromatic nitrogens is 2. The van der Waals surface area contributed by atoms with Gasteiger partial charge in [-0.15, -0.1) is 4.83 Å². The van der Waals surface area contributed by atoms with Crippen molar-refractivity contribution in [2.75, 3.05) is 18.8 Å². The Bertz CT molecular complexity index is 1420. The van der Waals surface area contributed by atoms with Crippen molar-refractivity contribution >= 4 is 27.9 Å². The van der Waals surface area contributed by atoms with Crippen LogP contribution in [0.15, 0.2) is 47.9 Å². The third-order valence-corrected chi connectivity index (χ3v) is 8.67. The minimum Gasteiger partial charge on any atom is -0.234 e. The summed E-state index contributed by atoms with van der Waals surface area (Å²) in [5.41, 5.74) is 2.76. The minimum atomic E-state index is -3.77. The molecule has 0 bridgehead atoms. The summed E-state index contributed by atoms with van der Waals surface area (Å²) in [7, 11) is -3.77. The lowest BCUT2D eigenvalue weighted by Gasteiger charge is -2.25. The SMILES string of the molecule is O=S(=O)(/C=C/c1nn(-c2ccc(F)cc2F)c2c1CSCC2Cc1cccc(F)c1)NN1CCCCC1. The lowest BCUT2D eigenvalue weighted by Crippen LogP contribution is -2.44. The number of nitrogens with one attached hydrogen (secondary N) is 1. The molecule has 0 amide bonds. The molecule has 3 heterocycles. The highest BCUT2D eigenvalue weighted by molar-refractivity contribution is 7.98. The van der Waals surface area contributed by atoms with E-state index in [1.807, 2.05) is 6.07 Å². The number of sulfonamides is 1. The number of halogens is 3. The maximum atomic E-state index is 14.9. The van der Waals surface area contributed by atoms with E-state index in [4.69, 9.17) is 0 Å². The number of rotatable bonds is 7. The predicted molar refractivity (Wildman–Crippen MR) is 139 cm³/mol. The van der Waals surface area contributed by atoms with E-state index >= 15 is 0 Å². The van der Waals surface area contributed by atoms with Crippen LogP contribution in [0.25, 0.3) is 11.8 Å². The van der Waals surface area contributed by atoms with Gasteiger partial charge in [0.1, 0.15) is 17.3 Å². The Labute approximate surface area is 218 Å². The summed E-state index contributed by atoms with van der Waals surface area (Å²) in [5.74, 6) is -0.716. The Morgan fingerprint density at radius 3 is 2.59 bits per heavy atom. The molecule has 0 spiro atoms. The first kappa shape index (κ1) is 26.0. The summed E-state index contributed by atoms with van der Waals surface area (Å²) >= 11 is 1.65. The summed E-state index contributed by atoms with van der Waals surface area (Å²) in [6, 6.07) is 9.61. The van der Waals surface area contributed by atoms with E-state index in [2.05, 4.69) is 9.93 Å². The van der Waals surface area contributed by atoms with Crippen molar-refractivity contribution in [1.82, 2.24) is 19.6 Å². The van der Waals surface area contributed by atoms with Crippen molar-refractivity contribution in [2.45, 2.75) is 37.4 Å². The molecule has 0 radical (unpaired) electrons. The van der Waals surface area contributed by atoms with E-state index in [0.29, 0.717) is 36.7 Å². The third-order valence-electron chi connectivity index (χ3n) is 6.53. The van der Waals surface area contributed by atoms with Gasteiger partial charge in [-0.25, -0.2) is 31.3 Å². The molecule has 1 aromatic heterocycles. The number of hydrogen-bond donors (Lipinski definition) is 1. The van der Waals surface area contributed by atoms with E-state index in [9.17, 15) is 21.6 Å². The highest BCUT2D eigenvalue weighted by Crippen LogP contribution is 2.39. The zero-order chi connectivity index (χ0) is 26.0. The van der Waals surface area contributed by atoms with Crippen molar-refractivity contribution in [3.63, 3.8) is 0 Å². The first-order chi connectivity index (χ1) is 17.8. The molecule has 1 unspecified atom stereocenters. The fourth-order valence-corrected chi connectivity index (χ4v) is 6.94. The normalized spacial score (nSPS) is 18.8. The van der Waals surface area contributed by atoms with Gasteiger partial charge in [-0.2, -0.15) is 16.9 Å². The van der Waals surface area contributed by atoms with Crippen LogP contribution in [0, 0.1) is 17.5 Å². The molecule has 3 aromatic rings. The van der Waals surface area contributed by atoms with Gasteiger partial charge in [-0.05, 0) is 55.2 Å². The molecule has 0 saturated carbocycles. The summed E-state index contributed by atoms with van der Waals surface area (Å²) in [6.45, 7) is 1.30. The predicted octanol–water partition coefficient (Wildman–Crippen LogP) is 5.15. The average molecular weight is 549 g/mol. The highest BCUT2D eigenvalue weighted by atomic mass is 32.2. The van der Waals surface area contributed by atoms with Crippen molar-refractivity contribution in [3.8, 4) is 5.69 Å². The van der Waals surface area contributed by atoms with Crippen LogP contribution in [0.4, 0.5) is 13.2 Å². The molecular formula is C26H27F3N4O2S2. The summed E-state index contributed by atoms with van der Waals surface area (Å²) in [6.07, 6.45) is 4.85. The average Bonchev–Trinajstić information content (AvgIpc) is 3.23. The van der Waals surface area contributed by atoms with Gasteiger partial charge in [0.2, 0.25) is 10.0 Å². The Balaban J connectivity index is 1.53. The smallest absolute Gasteiger partial charge is 0.234 e. The molecule has 37 heavy (non-hydrogen) atoms. The fraction of sp³-hybridized carbons (Fsp3) is 0.346. The van der Waals surface area contributed by atoms with Crippen molar-refractivity contribution < 1.29 is 21.6 Å². The highest BCUT2D eigenvalue weighted by Gasteiger charge is 2.30. The summed E-state index contributed by atoms with van der Waals surface area (Å²) in [4.78, 5) is 2.59. The van der Waals surface area contributed by atoms with Gasteiger partial charge in [0.15, 0.2) is 5.82 Å². The molecule has 1 atom stereocenters. The molecule has 0 aliphatic carbocycles. The monoisotopic (exact) mass is 548 g/mol. The number of fused-ring (bicyclic) bond motifs is 1. The number of hydrazine groups is 1. The van der Waals surface area contributed by atoms with Gasteiger partial charge in [0, 0.05) is 47.6 Å². The molecule has 2 aromatic carbocycles. The van der Waals surface area contributed by atoms with Crippen LogP contribution in [0.5, 0.6) is 0 Å². The lowest BCUT2D eigenvalue weighted by atomic mass is 9.94. The number of benzene rings is 2. The third kappa shape index (κ3) is 6.11. The second-order valence-electron chi connectivity index (χ2n) is 9.29. The lowest BCUT2D eigenvalue weighted by molar-refractivity contribution is 0.201. The van der Waals surface area contributed by atoms with Gasteiger partial charge in [-0.1, -0.05) is 18.6 Å². The summed E-state index contributed by atoms with van der Waals surface area (Å²) < 4.78 is 69.3. The quantitative estimate of drug-likeness (QED) is 0.442. The van der Waals surface area contributed by atoms with Crippen LogP contribution in [0.2, 0.25) is 0 Å². The van der Waals surface area contributed by atoms with Gasteiger partial charge >= 0.3 is 0 Å². The molecule has 5 rings (SSSR count). The van der Waals surface area contributed by atoms with Gasteiger partial charge in [0.25, 0.3) is 0 Å². The largest absolute Gasteiger partial charge is 0.246 e. The second kappa shape index (κ2) is 11.0. The first-order valence-electron chi connectivity index (χ1n) is 12.1. The van der Waals surface area contributed by atoms with Crippen LogP contribution in [0.1, 0.15) is 47.7 Å². The molecule has 196 valence electrons. The fourth-order valence-electron chi connectivity index (χ4n) is 4.85. The van der Waals surface area contributed by atoms with Crippen molar-refractivity contribution in [2.24, 2.45) is 0 Å². The number of thioether (sulfide) groups is 1. The van der Waals surface area contributed by atoms with Crippen LogP contribution >= 0.6 is 11.8 Å². The zero-order valence-corrected chi connectivity index (χ0v) is 21.7. The molecule has 6 nitrogen and oxygen atoms in total. The van der Waals surface area contributed by atoms with E-state index in [-0.39, 0.29) is 17.4 Å². The first-order valence-corrected chi connectivity index (χ1v) is 14.8. The molecule has 2 aliphatic heterocycles. The molecule has 1 N–H and O–H groups in total. The van der Waals surface area contributed by atoms with Gasteiger partial charge < -0.3 is 0 Å². The maximum absolute atomic E-state index is 14.9. The van der Waals surface area contributed by atoms with E-state index in [1.54, 1.807) is 22.8 Å². The maximum Gasteiger partial charge on any atom is 0.246 e. The molecule has 2 aliphatic rings. The Hall–Kier alpha value is -2.60. The van der Waals surface area contributed by atoms with Crippen LogP contribution in [-0.4, -0.2) is 42.0 Å². The van der Waals surface area contributed by atoms with E-state index in [0.717, 1.165) is 53.6 Å². The van der Waals surface area contributed by atoms with Crippen molar-refractivity contribution in [1.29, 1.82) is 0 Å². The Morgan fingerprint density at radius 2 is 1.84 bits per heavy atom.